The lowest BCUT2D eigenvalue weighted by molar-refractivity contribution is -0.143. The molecule has 1 amide bonds. The molecule has 2 heterocycles. The van der Waals surface area contributed by atoms with Crippen LogP contribution in [-0.2, 0) is 9.59 Å². The van der Waals surface area contributed by atoms with E-state index in [1.807, 2.05) is 4.90 Å². The Balaban J connectivity index is 1.71. The van der Waals surface area contributed by atoms with E-state index in [0.29, 0.717) is 18.8 Å². The van der Waals surface area contributed by atoms with E-state index in [4.69, 9.17) is 5.11 Å². The Morgan fingerprint density at radius 2 is 1.94 bits per heavy atom. The molecule has 4 nitrogen and oxygen atoms in total. The van der Waals surface area contributed by atoms with Crippen LogP contribution in [0.2, 0.25) is 0 Å². The molecular weight excluding hydrogens is 206 g/mol. The van der Waals surface area contributed by atoms with Gasteiger partial charge in [0.15, 0.2) is 0 Å². The van der Waals surface area contributed by atoms with Gasteiger partial charge >= 0.3 is 5.97 Å². The zero-order chi connectivity index (χ0) is 11.3. The first-order valence-corrected chi connectivity index (χ1v) is 6.21. The van der Waals surface area contributed by atoms with Gasteiger partial charge in [0, 0.05) is 18.5 Å². The van der Waals surface area contributed by atoms with Gasteiger partial charge in [-0.25, -0.2) is 0 Å². The van der Waals surface area contributed by atoms with Crippen molar-refractivity contribution < 1.29 is 14.7 Å². The summed E-state index contributed by atoms with van der Waals surface area (Å²) in [6.45, 7) is 0. The summed E-state index contributed by atoms with van der Waals surface area (Å²) in [7, 11) is 0. The van der Waals surface area contributed by atoms with E-state index in [1.54, 1.807) is 0 Å². The predicted octanol–water partition coefficient (Wildman–Crippen LogP) is 1.25. The number of aliphatic carboxylic acids is 1. The Morgan fingerprint density at radius 3 is 2.50 bits per heavy atom. The number of nitrogens with zero attached hydrogens (tertiary/aromatic N) is 1. The van der Waals surface area contributed by atoms with Gasteiger partial charge in [-0.2, -0.15) is 0 Å². The van der Waals surface area contributed by atoms with E-state index in [9.17, 15) is 9.59 Å². The Labute approximate surface area is 94.6 Å². The molecule has 0 aromatic carbocycles. The largest absolute Gasteiger partial charge is 0.481 e. The summed E-state index contributed by atoms with van der Waals surface area (Å²) < 4.78 is 0. The molecule has 2 saturated heterocycles. The molecule has 3 fully saturated rings. The number of rotatable bonds is 3. The Kier molecular flexibility index (Phi) is 2.19. The summed E-state index contributed by atoms with van der Waals surface area (Å²) in [6.07, 6.45) is 5.58. The van der Waals surface area contributed by atoms with Crippen molar-refractivity contribution in [2.24, 2.45) is 11.8 Å². The second kappa shape index (κ2) is 3.47. The maximum absolute atomic E-state index is 12.1. The number of fused-ring (bicyclic) bond motifs is 2. The van der Waals surface area contributed by atoms with E-state index in [1.165, 1.54) is 12.8 Å². The van der Waals surface area contributed by atoms with E-state index >= 15 is 0 Å². The van der Waals surface area contributed by atoms with Crippen molar-refractivity contribution in [3.8, 4) is 0 Å². The van der Waals surface area contributed by atoms with Crippen LogP contribution < -0.4 is 0 Å². The normalized spacial score (nSPS) is 36.8. The average molecular weight is 223 g/mol. The van der Waals surface area contributed by atoms with Crippen molar-refractivity contribution in [2.45, 2.75) is 50.6 Å². The number of carboxylic acid groups (broad SMARTS) is 1. The zero-order valence-corrected chi connectivity index (χ0v) is 9.26. The lowest BCUT2D eigenvalue weighted by Crippen LogP contribution is -2.37. The molecule has 4 heteroatoms. The number of carbonyl (C=O) groups is 2. The van der Waals surface area contributed by atoms with E-state index in [0.717, 1.165) is 12.8 Å². The quantitative estimate of drug-likeness (QED) is 0.783. The zero-order valence-electron chi connectivity index (χ0n) is 9.26. The fraction of sp³-hybridized carbons (Fsp3) is 0.833. The monoisotopic (exact) mass is 223 g/mol. The van der Waals surface area contributed by atoms with E-state index < -0.39 is 5.97 Å². The molecule has 1 saturated carbocycles. The molecule has 0 aromatic heterocycles. The van der Waals surface area contributed by atoms with Crippen molar-refractivity contribution in [1.29, 1.82) is 0 Å². The van der Waals surface area contributed by atoms with Gasteiger partial charge in [-0.05, 0) is 38.0 Å². The molecule has 1 N–H and O–H groups in total. The first-order valence-electron chi connectivity index (χ1n) is 6.21. The third-order valence-corrected chi connectivity index (χ3v) is 4.30. The summed E-state index contributed by atoms with van der Waals surface area (Å²) in [5.74, 6) is -0.229. The van der Waals surface area contributed by atoms with Gasteiger partial charge < -0.3 is 10.0 Å². The molecule has 1 aliphatic carbocycles. The fourth-order valence-corrected chi connectivity index (χ4v) is 3.32. The number of carboxylic acids is 1. The topological polar surface area (TPSA) is 57.6 Å². The number of carbonyl (C=O) groups excluding carboxylic acids is 1. The van der Waals surface area contributed by atoms with Gasteiger partial charge in [-0.15, -0.1) is 0 Å². The van der Waals surface area contributed by atoms with Crippen molar-refractivity contribution in [2.75, 3.05) is 0 Å². The third-order valence-electron chi connectivity index (χ3n) is 4.30. The molecular formula is C12H17NO3. The molecule has 3 atom stereocenters. The van der Waals surface area contributed by atoms with Gasteiger partial charge in [0.25, 0.3) is 0 Å². The van der Waals surface area contributed by atoms with E-state index in [2.05, 4.69) is 0 Å². The van der Waals surface area contributed by atoms with Crippen molar-refractivity contribution in [1.82, 2.24) is 4.90 Å². The standard InChI is InChI=1S/C12H17NO3/c14-11(5-7-1-2-7)13-8-3-4-10(13)9(6-8)12(15)16/h7-10H,1-6H2,(H,15,16). The molecule has 88 valence electrons. The molecule has 3 rings (SSSR count). The van der Waals surface area contributed by atoms with Gasteiger partial charge in [0.2, 0.25) is 5.91 Å². The lowest BCUT2D eigenvalue weighted by atomic mass is 9.89. The highest BCUT2D eigenvalue weighted by Crippen LogP contribution is 2.43. The second-order valence-corrected chi connectivity index (χ2v) is 5.43. The number of amides is 1. The van der Waals surface area contributed by atoms with Crippen molar-refractivity contribution in [3.63, 3.8) is 0 Å². The summed E-state index contributed by atoms with van der Waals surface area (Å²) in [5, 5.41) is 9.09. The molecule has 0 spiro atoms. The number of hydrogen-bond acceptors (Lipinski definition) is 2. The van der Waals surface area contributed by atoms with Crippen LogP contribution in [-0.4, -0.2) is 34.0 Å². The van der Waals surface area contributed by atoms with Crippen LogP contribution in [0.5, 0.6) is 0 Å². The van der Waals surface area contributed by atoms with Crippen LogP contribution in [0.4, 0.5) is 0 Å². The average Bonchev–Trinajstić information content (AvgIpc) is 2.87. The minimum absolute atomic E-state index is 0.00579. The molecule has 3 aliphatic rings. The maximum atomic E-state index is 12.1. The minimum atomic E-state index is -0.726. The molecule has 0 radical (unpaired) electrons. The maximum Gasteiger partial charge on any atom is 0.308 e. The van der Waals surface area contributed by atoms with Crippen LogP contribution in [0.25, 0.3) is 0 Å². The van der Waals surface area contributed by atoms with Gasteiger partial charge in [-0.1, -0.05) is 0 Å². The lowest BCUT2D eigenvalue weighted by Gasteiger charge is -2.23. The van der Waals surface area contributed by atoms with Crippen LogP contribution in [0, 0.1) is 11.8 Å². The fourth-order valence-electron chi connectivity index (χ4n) is 3.32. The van der Waals surface area contributed by atoms with Crippen LogP contribution >= 0.6 is 0 Å². The smallest absolute Gasteiger partial charge is 0.308 e. The molecule has 2 bridgehead atoms. The highest BCUT2D eigenvalue weighted by atomic mass is 16.4. The van der Waals surface area contributed by atoms with Crippen LogP contribution in [0.15, 0.2) is 0 Å². The highest BCUT2D eigenvalue weighted by molar-refractivity contribution is 5.81. The molecule has 3 unspecified atom stereocenters. The summed E-state index contributed by atoms with van der Waals surface area (Å²) in [5.41, 5.74) is 0. The second-order valence-electron chi connectivity index (χ2n) is 5.43. The summed E-state index contributed by atoms with van der Waals surface area (Å²) in [6, 6.07) is 0.214. The van der Waals surface area contributed by atoms with E-state index in [-0.39, 0.29) is 23.9 Å². The van der Waals surface area contributed by atoms with Gasteiger partial charge in [0.1, 0.15) is 0 Å². The Morgan fingerprint density at radius 1 is 1.19 bits per heavy atom. The van der Waals surface area contributed by atoms with Gasteiger partial charge in [-0.3, -0.25) is 9.59 Å². The number of hydrogen-bond donors (Lipinski definition) is 1. The van der Waals surface area contributed by atoms with Gasteiger partial charge in [0.05, 0.1) is 5.92 Å². The highest BCUT2D eigenvalue weighted by Gasteiger charge is 2.51. The Hall–Kier alpha value is -1.06. The molecule has 0 aromatic rings. The van der Waals surface area contributed by atoms with Crippen LogP contribution in [0.1, 0.15) is 38.5 Å². The molecule has 16 heavy (non-hydrogen) atoms. The SMILES string of the molecule is O=C(O)C1CC2CCC1N2C(=O)CC1CC1. The minimum Gasteiger partial charge on any atom is -0.481 e. The first kappa shape index (κ1) is 10.1. The predicted molar refractivity (Wildman–Crippen MR) is 56.7 cm³/mol. The summed E-state index contributed by atoms with van der Waals surface area (Å²) >= 11 is 0. The van der Waals surface area contributed by atoms with Crippen molar-refractivity contribution >= 4 is 11.9 Å². The summed E-state index contributed by atoms with van der Waals surface area (Å²) in [4.78, 5) is 25.0. The first-order chi connectivity index (χ1) is 7.66. The molecule has 2 aliphatic heterocycles. The Bertz CT molecular complexity index is 337. The third kappa shape index (κ3) is 1.51. The van der Waals surface area contributed by atoms with Crippen LogP contribution in [0.3, 0.4) is 0 Å². The van der Waals surface area contributed by atoms with Crippen molar-refractivity contribution in [3.05, 3.63) is 0 Å².